The van der Waals surface area contributed by atoms with E-state index in [2.05, 4.69) is 10.6 Å². The SMILES string of the molecule is COc1ccc(NC(=O)C2CCOCC2)cc1NC(=O)c1ccccc1. The van der Waals surface area contributed by atoms with E-state index >= 15 is 0 Å². The molecule has 1 saturated heterocycles. The lowest BCUT2D eigenvalue weighted by Crippen LogP contribution is -2.28. The van der Waals surface area contributed by atoms with Crippen LogP contribution >= 0.6 is 0 Å². The van der Waals surface area contributed by atoms with Gasteiger partial charge in [0, 0.05) is 30.4 Å². The van der Waals surface area contributed by atoms with E-state index in [1.165, 1.54) is 7.11 Å². The van der Waals surface area contributed by atoms with Crippen LogP contribution in [0.25, 0.3) is 0 Å². The molecule has 2 amide bonds. The molecule has 2 aromatic carbocycles. The molecule has 26 heavy (non-hydrogen) atoms. The molecular formula is C20H22N2O4. The van der Waals surface area contributed by atoms with Crippen LogP contribution in [0.5, 0.6) is 5.75 Å². The van der Waals surface area contributed by atoms with Crippen molar-refractivity contribution < 1.29 is 19.1 Å². The molecule has 0 aliphatic carbocycles. The number of carbonyl (C=O) groups is 2. The highest BCUT2D eigenvalue weighted by Crippen LogP contribution is 2.29. The molecule has 0 atom stereocenters. The maximum Gasteiger partial charge on any atom is 0.255 e. The Balaban J connectivity index is 1.73. The van der Waals surface area contributed by atoms with Gasteiger partial charge in [0.25, 0.3) is 5.91 Å². The Morgan fingerprint density at radius 2 is 1.77 bits per heavy atom. The van der Waals surface area contributed by atoms with Crippen LogP contribution in [0, 0.1) is 5.92 Å². The average molecular weight is 354 g/mol. The van der Waals surface area contributed by atoms with E-state index in [0.717, 1.165) is 12.8 Å². The second-order valence-electron chi connectivity index (χ2n) is 6.11. The molecule has 1 aliphatic rings. The lowest BCUT2D eigenvalue weighted by molar-refractivity contribution is -0.122. The summed E-state index contributed by atoms with van der Waals surface area (Å²) in [5, 5.41) is 5.75. The number of hydrogen-bond donors (Lipinski definition) is 2. The predicted molar refractivity (Wildman–Crippen MR) is 99.6 cm³/mol. The van der Waals surface area contributed by atoms with E-state index in [4.69, 9.17) is 9.47 Å². The van der Waals surface area contributed by atoms with Crippen LogP contribution in [0.15, 0.2) is 48.5 Å². The zero-order valence-electron chi connectivity index (χ0n) is 14.7. The predicted octanol–water partition coefficient (Wildman–Crippen LogP) is 3.31. The molecule has 2 N–H and O–H groups in total. The Labute approximate surface area is 152 Å². The molecule has 1 aliphatic heterocycles. The van der Waals surface area contributed by atoms with Gasteiger partial charge in [-0.25, -0.2) is 0 Å². The normalized spacial score (nSPS) is 14.5. The van der Waals surface area contributed by atoms with E-state index in [9.17, 15) is 9.59 Å². The molecule has 0 aromatic heterocycles. The topological polar surface area (TPSA) is 76.7 Å². The van der Waals surface area contributed by atoms with Gasteiger partial charge < -0.3 is 20.1 Å². The number of nitrogens with one attached hydrogen (secondary N) is 2. The van der Waals surface area contributed by atoms with Crippen LogP contribution < -0.4 is 15.4 Å². The van der Waals surface area contributed by atoms with Crippen LogP contribution in [0.4, 0.5) is 11.4 Å². The van der Waals surface area contributed by atoms with Crippen molar-refractivity contribution in [3.8, 4) is 5.75 Å². The van der Waals surface area contributed by atoms with Crippen molar-refractivity contribution in [2.45, 2.75) is 12.8 Å². The molecular weight excluding hydrogens is 332 g/mol. The summed E-state index contributed by atoms with van der Waals surface area (Å²) in [6.07, 6.45) is 1.44. The zero-order valence-corrected chi connectivity index (χ0v) is 14.7. The quantitative estimate of drug-likeness (QED) is 0.864. The van der Waals surface area contributed by atoms with Gasteiger partial charge in [-0.1, -0.05) is 18.2 Å². The van der Waals surface area contributed by atoms with Crippen molar-refractivity contribution in [1.82, 2.24) is 0 Å². The Morgan fingerprint density at radius 1 is 1.04 bits per heavy atom. The van der Waals surface area contributed by atoms with Crippen molar-refractivity contribution in [2.24, 2.45) is 5.92 Å². The summed E-state index contributed by atoms with van der Waals surface area (Å²) in [5.41, 5.74) is 1.67. The molecule has 1 heterocycles. The van der Waals surface area contributed by atoms with Crippen molar-refractivity contribution in [3.05, 3.63) is 54.1 Å². The van der Waals surface area contributed by atoms with E-state index in [1.54, 1.807) is 42.5 Å². The number of methoxy groups -OCH3 is 1. The highest BCUT2D eigenvalue weighted by atomic mass is 16.5. The van der Waals surface area contributed by atoms with E-state index in [0.29, 0.717) is 35.9 Å². The molecule has 136 valence electrons. The summed E-state index contributed by atoms with van der Waals surface area (Å²) >= 11 is 0. The second kappa shape index (κ2) is 8.49. The molecule has 6 heteroatoms. The molecule has 2 aromatic rings. The minimum Gasteiger partial charge on any atom is -0.495 e. The monoisotopic (exact) mass is 354 g/mol. The summed E-state index contributed by atoms with van der Waals surface area (Å²) in [5.74, 6) is 0.210. The maximum absolute atomic E-state index is 12.4. The molecule has 0 unspecified atom stereocenters. The molecule has 6 nitrogen and oxygen atoms in total. The minimum atomic E-state index is -0.239. The Bertz CT molecular complexity index is 771. The number of rotatable bonds is 5. The zero-order chi connectivity index (χ0) is 18.4. The van der Waals surface area contributed by atoms with Crippen LogP contribution in [0.2, 0.25) is 0 Å². The number of benzene rings is 2. The molecule has 0 spiro atoms. The van der Waals surface area contributed by atoms with Crippen molar-refractivity contribution >= 4 is 23.2 Å². The van der Waals surface area contributed by atoms with Gasteiger partial charge in [-0.05, 0) is 43.2 Å². The van der Waals surface area contributed by atoms with Crippen molar-refractivity contribution in [3.63, 3.8) is 0 Å². The maximum atomic E-state index is 12.4. The molecule has 3 rings (SSSR count). The first kappa shape index (κ1) is 17.9. The van der Waals surface area contributed by atoms with E-state index < -0.39 is 0 Å². The third-order valence-corrected chi connectivity index (χ3v) is 4.34. The average Bonchev–Trinajstić information content (AvgIpc) is 2.69. The van der Waals surface area contributed by atoms with Crippen molar-refractivity contribution in [1.29, 1.82) is 0 Å². The Kier molecular flexibility index (Phi) is 5.86. The fourth-order valence-electron chi connectivity index (χ4n) is 2.87. The third-order valence-electron chi connectivity index (χ3n) is 4.34. The number of hydrogen-bond acceptors (Lipinski definition) is 4. The number of ether oxygens (including phenoxy) is 2. The lowest BCUT2D eigenvalue weighted by atomic mass is 9.99. The van der Waals surface area contributed by atoms with Crippen molar-refractivity contribution in [2.75, 3.05) is 31.0 Å². The van der Waals surface area contributed by atoms with Gasteiger partial charge in [-0.3, -0.25) is 9.59 Å². The van der Waals surface area contributed by atoms with Crippen LogP contribution in [-0.2, 0) is 9.53 Å². The first-order valence-electron chi connectivity index (χ1n) is 8.60. The van der Waals surface area contributed by atoms with E-state index in [1.807, 2.05) is 6.07 Å². The summed E-state index contributed by atoms with van der Waals surface area (Å²) in [6, 6.07) is 14.1. The summed E-state index contributed by atoms with van der Waals surface area (Å²) in [4.78, 5) is 24.8. The number of anilines is 2. The second-order valence-corrected chi connectivity index (χ2v) is 6.11. The van der Waals surface area contributed by atoms with Gasteiger partial charge >= 0.3 is 0 Å². The van der Waals surface area contributed by atoms with Crippen LogP contribution in [0.1, 0.15) is 23.2 Å². The van der Waals surface area contributed by atoms with Crippen LogP contribution in [-0.4, -0.2) is 32.1 Å². The highest BCUT2D eigenvalue weighted by Gasteiger charge is 2.22. The first-order valence-corrected chi connectivity index (χ1v) is 8.60. The van der Waals surface area contributed by atoms with Gasteiger partial charge in [0.2, 0.25) is 5.91 Å². The Hall–Kier alpha value is -2.86. The van der Waals surface area contributed by atoms with Gasteiger partial charge in [-0.15, -0.1) is 0 Å². The molecule has 0 bridgehead atoms. The first-order chi connectivity index (χ1) is 12.7. The molecule has 0 saturated carbocycles. The number of amides is 2. The number of carbonyl (C=O) groups excluding carboxylic acids is 2. The smallest absolute Gasteiger partial charge is 0.255 e. The Morgan fingerprint density at radius 3 is 2.46 bits per heavy atom. The largest absolute Gasteiger partial charge is 0.495 e. The molecule has 0 radical (unpaired) electrons. The minimum absolute atomic E-state index is 0.0289. The fourth-order valence-corrected chi connectivity index (χ4v) is 2.87. The summed E-state index contributed by atoms with van der Waals surface area (Å²) in [7, 11) is 1.54. The lowest BCUT2D eigenvalue weighted by Gasteiger charge is -2.21. The van der Waals surface area contributed by atoms with Crippen LogP contribution in [0.3, 0.4) is 0 Å². The fraction of sp³-hybridized carbons (Fsp3) is 0.300. The van der Waals surface area contributed by atoms with Gasteiger partial charge in [0.15, 0.2) is 0 Å². The summed E-state index contributed by atoms with van der Waals surface area (Å²) < 4.78 is 10.6. The van der Waals surface area contributed by atoms with Gasteiger partial charge in [0.05, 0.1) is 12.8 Å². The summed E-state index contributed by atoms with van der Waals surface area (Å²) in [6.45, 7) is 1.22. The third kappa shape index (κ3) is 4.40. The van der Waals surface area contributed by atoms with Gasteiger partial charge in [0.1, 0.15) is 5.75 Å². The highest BCUT2D eigenvalue weighted by molar-refractivity contribution is 6.05. The molecule has 1 fully saturated rings. The van der Waals surface area contributed by atoms with Gasteiger partial charge in [-0.2, -0.15) is 0 Å². The standard InChI is InChI=1S/C20H22N2O4/c1-25-18-8-7-16(21-19(23)15-9-11-26-12-10-15)13-17(18)22-20(24)14-5-3-2-4-6-14/h2-8,13,15H,9-12H2,1H3,(H,21,23)(H,22,24). The van der Waals surface area contributed by atoms with E-state index in [-0.39, 0.29) is 17.7 Å².